The topological polar surface area (TPSA) is 19.6 Å². The molecule has 16 aromatic carbocycles. The maximum atomic E-state index is 15.3. The minimum absolute atomic E-state index is 0.295. The molecule has 1 heterocycles. The van der Waals surface area contributed by atoms with Gasteiger partial charge in [-0.1, -0.05) is 280 Å². The second-order valence-corrected chi connectivity index (χ2v) is 27.8. The van der Waals surface area contributed by atoms with E-state index in [0.717, 1.165) is 178 Å². The van der Waals surface area contributed by atoms with Crippen molar-refractivity contribution in [3.63, 3.8) is 0 Å². The molecule has 107 heavy (non-hydrogen) atoms. The van der Waals surface area contributed by atoms with Gasteiger partial charge in [0.1, 0.15) is 22.8 Å². The number of furan rings is 1. The van der Waals surface area contributed by atoms with Gasteiger partial charge in [-0.25, -0.2) is 8.78 Å². The van der Waals surface area contributed by atoms with Gasteiger partial charge in [-0.3, -0.25) is 0 Å². The van der Waals surface area contributed by atoms with Crippen LogP contribution in [-0.4, -0.2) is 0 Å². The molecular formula is C102H68F2N2O. The molecule has 0 N–H and O–H groups in total. The van der Waals surface area contributed by atoms with E-state index in [1.165, 1.54) is 0 Å². The Morgan fingerprint density at radius 2 is 0.542 bits per heavy atom. The van der Waals surface area contributed by atoms with E-state index in [9.17, 15) is 0 Å². The van der Waals surface area contributed by atoms with Crippen LogP contribution in [0.1, 0.15) is 55.6 Å². The third-order valence-electron chi connectivity index (χ3n) is 22.1. The van der Waals surface area contributed by atoms with Crippen molar-refractivity contribution in [2.75, 3.05) is 9.80 Å². The Morgan fingerprint density at radius 3 is 0.916 bits per heavy atom. The summed E-state index contributed by atoms with van der Waals surface area (Å²) in [6.07, 6.45) is 3.74. The Labute approximate surface area is 621 Å². The molecule has 3 nitrogen and oxygen atoms in total. The predicted octanol–water partition coefficient (Wildman–Crippen LogP) is 27.5. The van der Waals surface area contributed by atoms with Crippen LogP contribution in [0.15, 0.2) is 394 Å². The normalized spacial score (nSPS) is 14.6. The smallest absolute Gasteiger partial charge is 0.135 e. The Kier molecular flexibility index (Phi) is 15.7. The summed E-state index contributed by atoms with van der Waals surface area (Å²) in [5.41, 5.74) is 29.3. The van der Waals surface area contributed by atoms with E-state index in [1.807, 2.05) is 36.4 Å². The van der Waals surface area contributed by atoms with Gasteiger partial charge in [-0.15, -0.1) is 0 Å². The van der Waals surface area contributed by atoms with Gasteiger partial charge < -0.3 is 14.2 Å². The van der Waals surface area contributed by atoms with Crippen molar-refractivity contribution in [2.24, 2.45) is 0 Å². The Balaban J connectivity index is 0.800. The van der Waals surface area contributed by atoms with Gasteiger partial charge >= 0.3 is 0 Å². The number of hydrogen-bond acceptors (Lipinski definition) is 3. The molecule has 17 aromatic rings. The zero-order chi connectivity index (χ0) is 71.7. The lowest BCUT2D eigenvalue weighted by Gasteiger charge is -2.35. The van der Waals surface area contributed by atoms with Gasteiger partial charge in [-0.05, 0) is 244 Å². The van der Waals surface area contributed by atoms with Crippen molar-refractivity contribution in [1.29, 1.82) is 0 Å². The third kappa shape index (κ3) is 10.8. The summed E-state index contributed by atoms with van der Waals surface area (Å²) >= 11 is 0. The van der Waals surface area contributed by atoms with Crippen molar-refractivity contribution in [1.82, 2.24) is 0 Å². The first-order valence-electron chi connectivity index (χ1n) is 36.3. The van der Waals surface area contributed by atoms with E-state index < -0.39 is 10.8 Å². The molecule has 0 amide bonds. The second kappa shape index (κ2) is 26.2. The summed E-state index contributed by atoms with van der Waals surface area (Å²) in [6.45, 7) is 8.22. The summed E-state index contributed by atoms with van der Waals surface area (Å²) in [5.74, 6) is -0.591. The van der Waals surface area contributed by atoms with Gasteiger partial charge in [0.05, 0.1) is 10.8 Å². The summed E-state index contributed by atoms with van der Waals surface area (Å²) < 4.78 is 37.6. The lowest BCUT2D eigenvalue weighted by molar-refractivity contribution is 0.624. The molecule has 1 aromatic heterocycles. The fourth-order valence-electron chi connectivity index (χ4n) is 17.1. The van der Waals surface area contributed by atoms with Crippen molar-refractivity contribution in [3.8, 4) is 66.8 Å². The molecule has 0 radical (unpaired) electrons. The lowest BCUT2D eigenvalue weighted by Crippen LogP contribution is -2.29. The van der Waals surface area contributed by atoms with Crippen LogP contribution in [-0.2, 0) is 10.8 Å². The number of fused-ring (bicyclic) bond motifs is 9. The standard InChI is InChI=1S/C102H68F2N2O/c1-3-67-29-37-77(38-30-67)101(79-41-45-81(103)46-42-79)95-27-13-11-25-89(95)91-57-53-87(65-97(91)101)105(83-49-33-71(34-50-83)75-23-15-21-73(61-75)69-17-7-5-8-18-69)85-55-59-99-93(63-85)94-64-86(56-60-100(94)107-99)106(84-51-35-72(36-52-84)76-24-16-22-74(62-76)70-19-9-6-10-20-70)88-54-58-92-90-26-12-14-28-96(90)102(98(92)66-88,80-43-47-82(104)48-44-80)78-39-31-68(4-2)32-40-78/h3-66H,1-2H2. The van der Waals surface area contributed by atoms with Crippen molar-refractivity contribution >= 4 is 68.2 Å². The van der Waals surface area contributed by atoms with E-state index in [4.69, 9.17) is 4.42 Å². The lowest BCUT2D eigenvalue weighted by atomic mass is 9.67. The summed E-state index contributed by atoms with van der Waals surface area (Å²) in [4.78, 5) is 4.71. The number of rotatable bonds is 16. The van der Waals surface area contributed by atoms with Crippen LogP contribution in [0, 0.1) is 11.6 Å². The fraction of sp³-hybridized carbons (Fsp3) is 0.0196. The first kappa shape index (κ1) is 64.1. The van der Waals surface area contributed by atoms with E-state index >= 15 is 8.78 Å². The SMILES string of the molecule is C=Cc1ccc(C2(c3ccc(F)cc3)c3ccccc3-c3ccc(N(c4ccc(-c5cccc(-c6ccccc6)c5)cc4)c4ccc5oc6ccc(N(c7ccc(-c8cccc(-c9ccccc9)c8)cc7)c7ccc8c(c7)C(c7ccc(F)cc7)(c7ccc(C=C)cc7)c7ccccc7-8)cc6c5c4)cc32)cc1. The van der Waals surface area contributed by atoms with E-state index in [0.29, 0.717) is 0 Å². The number of halogens is 2. The highest BCUT2D eigenvalue weighted by Gasteiger charge is 2.48. The summed E-state index contributed by atoms with van der Waals surface area (Å²) in [7, 11) is 0. The van der Waals surface area contributed by atoms with Gasteiger partial charge in [0.25, 0.3) is 0 Å². The number of nitrogens with zero attached hydrogens (tertiary/aromatic N) is 2. The third-order valence-corrected chi connectivity index (χ3v) is 22.1. The maximum absolute atomic E-state index is 15.3. The minimum Gasteiger partial charge on any atom is -0.456 e. The molecule has 0 aliphatic heterocycles. The molecular weight excluding hydrogens is 1310 g/mol. The van der Waals surface area contributed by atoms with E-state index in [-0.39, 0.29) is 11.6 Å². The molecule has 506 valence electrons. The van der Waals surface area contributed by atoms with E-state index in [1.54, 1.807) is 24.3 Å². The molecule has 2 aliphatic carbocycles. The predicted molar refractivity (Wildman–Crippen MR) is 440 cm³/mol. The van der Waals surface area contributed by atoms with Crippen LogP contribution in [0.2, 0.25) is 0 Å². The van der Waals surface area contributed by atoms with E-state index in [2.05, 4.69) is 351 Å². The monoisotopic (exact) mass is 1370 g/mol. The van der Waals surface area contributed by atoms with Gasteiger partial charge in [0, 0.05) is 44.9 Å². The van der Waals surface area contributed by atoms with Crippen LogP contribution in [0.25, 0.3) is 101 Å². The second-order valence-electron chi connectivity index (χ2n) is 27.8. The molecule has 0 bridgehead atoms. The molecule has 0 saturated heterocycles. The zero-order valence-corrected chi connectivity index (χ0v) is 58.4. The highest BCUT2D eigenvalue weighted by molar-refractivity contribution is 6.08. The molecule has 0 fully saturated rings. The number of hydrogen-bond donors (Lipinski definition) is 0. The quantitative estimate of drug-likeness (QED) is 0.0961. The maximum Gasteiger partial charge on any atom is 0.135 e. The van der Waals surface area contributed by atoms with Crippen LogP contribution >= 0.6 is 0 Å². The molecule has 2 atom stereocenters. The van der Waals surface area contributed by atoms with Crippen LogP contribution < -0.4 is 9.80 Å². The Bertz CT molecular complexity index is 5900. The highest BCUT2D eigenvalue weighted by atomic mass is 19.1. The Hall–Kier alpha value is -13.7. The molecule has 2 unspecified atom stereocenters. The number of benzene rings is 16. The van der Waals surface area contributed by atoms with Crippen molar-refractivity contribution in [2.45, 2.75) is 10.8 Å². The van der Waals surface area contributed by atoms with Gasteiger partial charge in [-0.2, -0.15) is 0 Å². The van der Waals surface area contributed by atoms with Crippen LogP contribution in [0.4, 0.5) is 42.9 Å². The molecule has 5 heteroatoms. The van der Waals surface area contributed by atoms with Gasteiger partial charge in [0.15, 0.2) is 0 Å². The molecule has 0 spiro atoms. The number of anilines is 6. The average Bonchev–Trinajstić information content (AvgIpc) is 1.56. The van der Waals surface area contributed by atoms with Crippen molar-refractivity contribution in [3.05, 3.63) is 457 Å². The fourth-order valence-corrected chi connectivity index (χ4v) is 17.1. The summed E-state index contributed by atoms with van der Waals surface area (Å²) in [6, 6.07) is 132. The zero-order valence-electron chi connectivity index (χ0n) is 58.4. The average molecular weight is 1380 g/mol. The minimum atomic E-state index is -0.836. The first-order chi connectivity index (χ1) is 52.7. The van der Waals surface area contributed by atoms with Crippen LogP contribution in [0.5, 0.6) is 0 Å². The van der Waals surface area contributed by atoms with Crippen molar-refractivity contribution < 1.29 is 13.2 Å². The molecule has 19 rings (SSSR count). The molecule has 2 aliphatic rings. The van der Waals surface area contributed by atoms with Gasteiger partial charge in [0.2, 0.25) is 0 Å². The highest BCUT2D eigenvalue weighted by Crippen LogP contribution is 2.60. The summed E-state index contributed by atoms with van der Waals surface area (Å²) in [5, 5.41) is 1.87. The van der Waals surface area contributed by atoms with Crippen LogP contribution in [0.3, 0.4) is 0 Å². The Morgan fingerprint density at radius 1 is 0.243 bits per heavy atom. The molecule has 0 saturated carbocycles. The largest absolute Gasteiger partial charge is 0.456 e. The first-order valence-corrected chi connectivity index (χ1v) is 36.3.